The van der Waals surface area contributed by atoms with Crippen LogP contribution >= 0.6 is 11.8 Å². The molecule has 1 aromatic carbocycles. The molecular formula is C11H11N3OS. The zero-order chi connectivity index (χ0) is 11.5. The Morgan fingerprint density at radius 2 is 2.12 bits per heavy atom. The SMILES string of the molecule is CC(Sc1ncnc2ccccc12)C(N)=O. The summed E-state index contributed by atoms with van der Waals surface area (Å²) < 4.78 is 0. The molecule has 1 aromatic heterocycles. The summed E-state index contributed by atoms with van der Waals surface area (Å²) in [6, 6.07) is 7.69. The maximum atomic E-state index is 11.0. The van der Waals surface area contributed by atoms with Crippen molar-refractivity contribution in [3.8, 4) is 0 Å². The van der Waals surface area contributed by atoms with Crippen LogP contribution in [0.5, 0.6) is 0 Å². The van der Waals surface area contributed by atoms with Gasteiger partial charge in [-0.15, -0.1) is 0 Å². The van der Waals surface area contributed by atoms with Crippen LogP contribution in [0.4, 0.5) is 0 Å². The normalized spacial score (nSPS) is 12.6. The highest BCUT2D eigenvalue weighted by Gasteiger charge is 2.13. The summed E-state index contributed by atoms with van der Waals surface area (Å²) in [6.07, 6.45) is 1.50. The molecule has 4 nitrogen and oxygen atoms in total. The number of fused-ring (bicyclic) bond motifs is 1. The van der Waals surface area contributed by atoms with Crippen molar-refractivity contribution in [3.05, 3.63) is 30.6 Å². The molecule has 2 rings (SSSR count). The predicted octanol–water partition coefficient (Wildman–Crippen LogP) is 1.60. The largest absolute Gasteiger partial charge is 0.369 e. The maximum Gasteiger partial charge on any atom is 0.230 e. The summed E-state index contributed by atoms with van der Waals surface area (Å²) in [5, 5.41) is 1.44. The van der Waals surface area contributed by atoms with E-state index in [9.17, 15) is 4.79 Å². The van der Waals surface area contributed by atoms with E-state index in [1.165, 1.54) is 18.1 Å². The molecule has 0 saturated heterocycles. The Morgan fingerprint density at radius 1 is 1.38 bits per heavy atom. The molecule has 5 heteroatoms. The van der Waals surface area contributed by atoms with E-state index in [2.05, 4.69) is 9.97 Å². The molecule has 0 spiro atoms. The lowest BCUT2D eigenvalue weighted by atomic mass is 10.2. The van der Waals surface area contributed by atoms with Crippen molar-refractivity contribution in [1.82, 2.24) is 9.97 Å². The number of nitrogens with zero attached hydrogens (tertiary/aromatic N) is 2. The third kappa shape index (κ3) is 2.14. The number of para-hydroxylation sites is 1. The summed E-state index contributed by atoms with van der Waals surface area (Å²) in [4.78, 5) is 19.3. The lowest BCUT2D eigenvalue weighted by molar-refractivity contribution is -0.117. The van der Waals surface area contributed by atoms with Crippen LogP contribution in [0.2, 0.25) is 0 Å². The van der Waals surface area contributed by atoms with Crippen LogP contribution in [0.1, 0.15) is 6.92 Å². The Labute approximate surface area is 97.3 Å². The standard InChI is InChI=1S/C11H11N3OS/c1-7(10(12)15)16-11-8-4-2-3-5-9(8)13-6-14-11/h2-7H,1H3,(H2,12,15). The monoisotopic (exact) mass is 233 g/mol. The number of amides is 1. The van der Waals surface area contributed by atoms with E-state index in [-0.39, 0.29) is 11.2 Å². The predicted molar refractivity (Wildman–Crippen MR) is 64.1 cm³/mol. The highest BCUT2D eigenvalue weighted by atomic mass is 32.2. The number of nitrogens with two attached hydrogens (primary N) is 1. The first-order valence-electron chi connectivity index (χ1n) is 4.84. The number of thioether (sulfide) groups is 1. The third-order valence-corrected chi connectivity index (χ3v) is 3.33. The van der Waals surface area contributed by atoms with Gasteiger partial charge < -0.3 is 5.73 Å². The Bertz CT molecular complexity index is 524. The van der Waals surface area contributed by atoms with Gasteiger partial charge >= 0.3 is 0 Å². The topological polar surface area (TPSA) is 68.9 Å². The van der Waals surface area contributed by atoms with E-state index in [1.54, 1.807) is 6.92 Å². The van der Waals surface area contributed by atoms with Gasteiger partial charge in [-0.25, -0.2) is 9.97 Å². The molecular weight excluding hydrogens is 222 g/mol. The van der Waals surface area contributed by atoms with Crippen LogP contribution in [0.3, 0.4) is 0 Å². The Hall–Kier alpha value is -1.62. The minimum absolute atomic E-state index is 0.293. The van der Waals surface area contributed by atoms with E-state index < -0.39 is 0 Å². The molecule has 1 amide bonds. The van der Waals surface area contributed by atoms with E-state index in [0.717, 1.165) is 15.9 Å². The van der Waals surface area contributed by atoms with E-state index in [0.29, 0.717) is 0 Å². The van der Waals surface area contributed by atoms with Crippen LogP contribution in [0.25, 0.3) is 10.9 Å². The van der Waals surface area contributed by atoms with Crippen LogP contribution in [0, 0.1) is 0 Å². The fourth-order valence-electron chi connectivity index (χ4n) is 1.30. The maximum absolute atomic E-state index is 11.0. The number of primary amides is 1. The number of aromatic nitrogens is 2. The Balaban J connectivity index is 2.41. The average Bonchev–Trinajstić information content (AvgIpc) is 2.29. The van der Waals surface area contributed by atoms with Crippen molar-refractivity contribution in [2.75, 3.05) is 0 Å². The van der Waals surface area contributed by atoms with Gasteiger partial charge in [-0.2, -0.15) is 0 Å². The summed E-state index contributed by atoms with van der Waals surface area (Å²) in [6.45, 7) is 1.77. The van der Waals surface area contributed by atoms with Gasteiger partial charge in [0.1, 0.15) is 11.4 Å². The van der Waals surface area contributed by atoms with Crippen molar-refractivity contribution < 1.29 is 4.79 Å². The van der Waals surface area contributed by atoms with Gasteiger partial charge in [0.2, 0.25) is 5.91 Å². The second kappa shape index (κ2) is 4.49. The molecule has 0 bridgehead atoms. The smallest absolute Gasteiger partial charge is 0.230 e. The van der Waals surface area contributed by atoms with Crippen molar-refractivity contribution in [2.24, 2.45) is 5.73 Å². The number of hydrogen-bond donors (Lipinski definition) is 1. The van der Waals surface area contributed by atoms with Gasteiger partial charge in [0, 0.05) is 5.39 Å². The molecule has 1 atom stereocenters. The molecule has 1 unspecified atom stereocenters. The van der Waals surface area contributed by atoms with Crippen LogP contribution in [0.15, 0.2) is 35.6 Å². The van der Waals surface area contributed by atoms with E-state index in [1.807, 2.05) is 24.3 Å². The fourth-order valence-corrected chi connectivity index (χ4v) is 2.16. The number of carbonyl (C=O) groups excluding carboxylic acids is 1. The van der Waals surface area contributed by atoms with Crippen LogP contribution in [-0.2, 0) is 4.79 Å². The van der Waals surface area contributed by atoms with E-state index >= 15 is 0 Å². The number of hydrogen-bond acceptors (Lipinski definition) is 4. The van der Waals surface area contributed by atoms with Gasteiger partial charge in [-0.05, 0) is 13.0 Å². The van der Waals surface area contributed by atoms with Crippen LogP contribution < -0.4 is 5.73 Å². The molecule has 1 heterocycles. The van der Waals surface area contributed by atoms with Gasteiger partial charge in [0.15, 0.2) is 0 Å². The summed E-state index contributed by atoms with van der Waals surface area (Å²) in [7, 11) is 0. The third-order valence-electron chi connectivity index (χ3n) is 2.20. The molecule has 0 radical (unpaired) electrons. The van der Waals surface area contributed by atoms with Gasteiger partial charge in [-0.3, -0.25) is 4.79 Å². The van der Waals surface area contributed by atoms with Crippen molar-refractivity contribution >= 4 is 28.6 Å². The van der Waals surface area contributed by atoms with Crippen molar-refractivity contribution in [3.63, 3.8) is 0 Å². The molecule has 2 aromatic rings. The molecule has 0 saturated carbocycles. The molecule has 0 aliphatic carbocycles. The highest BCUT2D eigenvalue weighted by molar-refractivity contribution is 8.00. The summed E-state index contributed by atoms with van der Waals surface area (Å²) in [5.74, 6) is -0.340. The molecule has 16 heavy (non-hydrogen) atoms. The molecule has 2 N–H and O–H groups in total. The van der Waals surface area contributed by atoms with Gasteiger partial charge in [0.05, 0.1) is 10.8 Å². The van der Waals surface area contributed by atoms with Gasteiger partial charge in [-0.1, -0.05) is 30.0 Å². The number of benzene rings is 1. The van der Waals surface area contributed by atoms with Crippen LogP contribution in [-0.4, -0.2) is 21.1 Å². The quantitative estimate of drug-likeness (QED) is 0.645. The highest BCUT2D eigenvalue weighted by Crippen LogP contribution is 2.27. The summed E-state index contributed by atoms with van der Waals surface area (Å²) >= 11 is 1.36. The minimum atomic E-state index is -0.340. The summed E-state index contributed by atoms with van der Waals surface area (Å²) in [5.41, 5.74) is 6.10. The van der Waals surface area contributed by atoms with Gasteiger partial charge in [0.25, 0.3) is 0 Å². The number of rotatable bonds is 3. The van der Waals surface area contributed by atoms with E-state index in [4.69, 9.17) is 5.73 Å². The first-order valence-corrected chi connectivity index (χ1v) is 5.72. The fraction of sp³-hybridized carbons (Fsp3) is 0.182. The Morgan fingerprint density at radius 3 is 2.88 bits per heavy atom. The molecule has 0 aliphatic rings. The molecule has 0 aliphatic heterocycles. The zero-order valence-electron chi connectivity index (χ0n) is 8.75. The Kier molecular flexibility index (Phi) is 3.05. The number of carbonyl (C=O) groups is 1. The molecule has 82 valence electrons. The zero-order valence-corrected chi connectivity index (χ0v) is 9.57. The first kappa shape index (κ1) is 10.9. The average molecular weight is 233 g/mol. The molecule has 0 fully saturated rings. The second-order valence-electron chi connectivity index (χ2n) is 3.36. The first-order chi connectivity index (χ1) is 7.68. The second-order valence-corrected chi connectivity index (χ2v) is 4.69. The lowest BCUT2D eigenvalue weighted by Gasteiger charge is -2.07. The lowest BCUT2D eigenvalue weighted by Crippen LogP contribution is -2.22. The minimum Gasteiger partial charge on any atom is -0.369 e. The van der Waals surface area contributed by atoms with Crippen molar-refractivity contribution in [1.29, 1.82) is 0 Å². The van der Waals surface area contributed by atoms with Crippen molar-refractivity contribution in [2.45, 2.75) is 17.2 Å².